The number of rotatable bonds is 4. The molecule has 0 radical (unpaired) electrons. The molecule has 2 bridgehead atoms. The van der Waals surface area contributed by atoms with Crippen molar-refractivity contribution >= 4 is 16.7 Å². The fourth-order valence-corrected chi connectivity index (χ4v) is 4.18. The second kappa shape index (κ2) is 5.37. The Morgan fingerprint density at radius 1 is 1.32 bits per heavy atom. The number of anilines is 1. The Balaban J connectivity index is 1.52. The lowest BCUT2D eigenvalue weighted by Gasteiger charge is -2.36. The van der Waals surface area contributed by atoms with Crippen molar-refractivity contribution in [1.82, 2.24) is 14.3 Å². The van der Waals surface area contributed by atoms with Crippen molar-refractivity contribution in [3.63, 3.8) is 0 Å². The summed E-state index contributed by atoms with van der Waals surface area (Å²) in [7, 11) is 2.30. The lowest BCUT2D eigenvalue weighted by Crippen LogP contribution is -2.41. The van der Waals surface area contributed by atoms with Gasteiger partial charge in [-0.1, -0.05) is 13.8 Å². The van der Waals surface area contributed by atoms with Gasteiger partial charge in [-0.2, -0.15) is 4.37 Å². The van der Waals surface area contributed by atoms with E-state index in [2.05, 4.69) is 40.5 Å². The van der Waals surface area contributed by atoms with E-state index in [1.54, 1.807) is 0 Å². The fraction of sp³-hybridized carbons (Fsp3) is 0.857. The van der Waals surface area contributed by atoms with E-state index in [-0.39, 0.29) is 0 Å². The lowest BCUT2D eigenvalue weighted by atomic mass is 9.91. The van der Waals surface area contributed by atoms with E-state index in [0.717, 1.165) is 35.5 Å². The molecule has 5 heteroatoms. The van der Waals surface area contributed by atoms with E-state index in [0.29, 0.717) is 5.92 Å². The summed E-state index contributed by atoms with van der Waals surface area (Å²) in [5.74, 6) is 2.20. The van der Waals surface area contributed by atoms with Crippen LogP contribution in [0, 0.1) is 5.92 Å². The van der Waals surface area contributed by atoms with Gasteiger partial charge in [0.15, 0.2) is 0 Å². The normalized spacial score (nSPS) is 31.1. The van der Waals surface area contributed by atoms with Crippen molar-refractivity contribution in [3.05, 3.63) is 5.82 Å². The van der Waals surface area contributed by atoms with E-state index >= 15 is 0 Å². The zero-order valence-corrected chi connectivity index (χ0v) is 12.9. The van der Waals surface area contributed by atoms with Crippen LogP contribution in [0.4, 0.5) is 5.13 Å². The molecule has 3 heterocycles. The van der Waals surface area contributed by atoms with Crippen LogP contribution in [0.25, 0.3) is 0 Å². The molecular weight excluding hydrogens is 256 g/mol. The first-order valence-electron chi connectivity index (χ1n) is 7.43. The first-order valence-corrected chi connectivity index (χ1v) is 8.20. The minimum atomic E-state index is 0.422. The van der Waals surface area contributed by atoms with Gasteiger partial charge in [0.2, 0.25) is 5.13 Å². The molecule has 0 aromatic carbocycles. The quantitative estimate of drug-likeness (QED) is 0.920. The maximum atomic E-state index is 4.55. The molecule has 0 saturated carbocycles. The van der Waals surface area contributed by atoms with Crippen LogP contribution in [0.5, 0.6) is 0 Å². The average molecular weight is 280 g/mol. The van der Waals surface area contributed by atoms with E-state index in [1.165, 1.54) is 37.2 Å². The zero-order chi connectivity index (χ0) is 13.4. The SMILES string of the molecule is CC(C)c1nsc(NCC2CC3CCC(C2)N3C)n1. The predicted molar refractivity (Wildman–Crippen MR) is 79.8 cm³/mol. The van der Waals surface area contributed by atoms with Crippen LogP contribution < -0.4 is 5.32 Å². The molecule has 2 unspecified atom stereocenters. The predicted octanol–water partition coefficient (Wildman–Crippen LogP) is 2.95. The van der Waals surface area contributed by atoms with Gasteiger partial charge in [0.05, 0.1) is 0 Å². The third-order valence-corrected chi connectivity index (χ3v) is 5.38. The Morgan fingerprint density at radius 2 is 2.00 bits per heavy atom. The Morgan fingerprint density at radius 3 is 2.58 bits per heavy atom. The van der Waals surface area contributed by atoms with Gasteiger partial charge in [-0.25, -0.2) is 4.98 Å². The molecule has 2 aliphatic rings. The Kier molecular flexibility index (Phi) is 3.76. The molecule has 2 aliphatic heterocycles. The highest BCUT2D eigenvalue weighted by Crippen LogP contribution is 2.37. The molecule has 2 atom stereocenters. The molecule has 3 rings (SSSR count). The summed E-state index contributed by atoms with van der Waals surface area (Å²) in [5.41, 5.74) is 0. The Labute approximate surface area is 119 Å². The highest BCUT2D eigenvalue weighted by Gasteiger charge is 2.38. The average Bonchev–Trinajstić information content (AvgIpc) is 2.91. The van der Waals surface area contributed by atoms with E-state index in [1.807, 2.05) is 0 Å². The summed E-state index contributed by atoms with van der Waals surface area (Å²) in [6.45, 7) is 5.34. The van der Waals surface area contributed by atoms with E-state index < -0.39 is 0 Å². The van der Waals surface area contributed by atoms with Crippen LogP contribution >= 0.6 is 11.5 Å². The van der Waals surface area contributed by atoms with Crippen LogP contribution in [-0.4, -0.2) is 39.9 Å². The Hall–Kier alpha value is -0.680. The molecule has 1 N–H and O–H groups in total. The third kappa shape index (κ3) is 2.77. The van der Waals surface area contributed by atoms with Crippen LogP contribution in [-0.2, 0) is 0 Å². The van der Waals surface area contributed by atoms with Gasteiger partial charge >= 0.3 is 0 Å². The summed E-state index contributed by atoms with van der Waals surface area (Å²) in [6.07, 6.45) is 5.48. The van der Waals surface area contributed by atoms with Gasteiger partial charge in [-0.3, -0.25) is 0 Å². The van der Waals surface area contributed by atoms with Crippen LogP contribution in [0.15, 0.2) is 0 Å². The first kappa shape index (κ1) is 13.3. The maximum Gasteiger partial charge on any atom is 0.202 e. The number of hydrogen-bond acceptors (Lipinski definition) is 5. The molecule has 2 fully saturated rings. The van der Waals surface area contributed by atoms with Gasteiger partial charge in [-0.15, -0.1) is 0 Å². The van der Waals surface area contributed by atoms with E-state index in [9.17, 15) is 0 Å². The number of fused-ring (bicyclic) bond motifs is 2. The number of hydrogen-bond donors (Lipinski definition) is 1. The van der Waals surface area contributed by atoms with Crippen molar-refractivity contribution < 1.29 is 0 Å². The zero-order valence-electron chi connectivity index (χ0n) is 12.1. The molecule has 1 aromatic heterocycles. The number of aromatic nitrogens is 2. The second-order valence-electron chi connectivity index (χ2n) is 6.38. The molecule has 0 aliphatic carbocycles. The maximum absolute atomic E-state index is 4.55. The topological polar surface area (TPSA) is 41.1 Å². The molecule has 19 heavy (non-hydrogen) atoms. The van der Waals surface area contributed by atoms with Crippen molar-refractivity contribution in [2.45, 2.75) is 57.5 Å². The minimum absolute atomic E-state index is 0.422. The summed E-state index contributed by atoms with van der Waals surface area (Å²) >= 11 is 1.50. The van der Waals surface area contributed by atoms with Gasteiger partial charge in [0.1, 0.15) is 5.82 Å². The smallest absolute Gasteiger partial charge is 0.202 e. The van der Waals surface area contributed by atoms with Crippen molar-refractivity contribution in [3.8, 4) is 0 Å². The van der Waals surface area contributed by atoms with Gasteiger partial charge in [-0.05, 0) is 38.6 Å². The van der Waals surface area contributed by atoms with Crippen molar-refractivity contribution in [1.29, 1.82) is 0 Å². The largest absolute Gasteiger partial charge is 0.360 e. The van der Waals surface area contributed by atoms with E-state index in [4.69, 9.17) is 0 Å². The number of piperidine rings is 1. The number of nitrogens with zero attached hydrogens (tertiary/aromatic N) is 3. The highest BCUT2D eigenvalue weighted by atomic mass is 32.1. The van der Waals surface area contributed by atoms with Crippen LogP contribution in [0.2, 0.25) is 0 Å². The lowest BCUT2D eigenvalue weighted by molar-refractivity contribution is 0.139. The molecule has 0 spiro atoms. The molecule has 1 aromatic rings. The fourth-order valence-electron chi connectivity index (χ4n) is 3.46. The summed E-state index contributed by atoms with van der Waals surface area (Å²) < 4.78 is 4.39. The molecular formula is C14H24N4S. The first-order chi connectivity index (χ1) is 9.13. The standard InChI is InChI=1S/C14H24N4S/c1-9(2)13-16-14(19-17-13)15-8-10-6-11-4-5-12(7-10)18(11)3/h9-12H,4-8H2,1-3H3,(H,15,16,17). The summed E-state index contributed by atoms with van der Waals surface area (Å²) in [4.78, 5) is 7.14. The van der Waals surface area contributed by atoms with Crippen LogP contribution in [0.3, 0.4) is 0 Å². The van der Waals surface area contributed by atoms with Crippen molar-refractivity contribution in [2.24, 2.45) is 5.92 Å². The molecule has 0 amide bonds. The summed E-state index contributed by atoms with van der Waals surface area (Å²) in [5, 5.41) is 4.50. The number of nitrogens with one attached hydrogen (secondary N) is 1. The third-order valence-electron chi connectivity index (χ3n) is 4.70. The summed E-state index contributed by atoms with van der Waals surface area (Å²) in [6, 6.07) is 1.65. The molecule has 106 valence electrons. The highest BCUT2D eigenvalue weighted by molar-refractivity contribution is 7.09. The van der Waals surface area contributed by atoms with Crippen molar-refractivity contribution in [2.75, 3.05) is 18.9 Å². The van der Waals surface area contributed by atoms with Crippen LogP contribution in [0.1, 0.15) is 51.3 Å². The Bertz CT molecular complexity index is 417. The molecule has 4 nitrogen and oxygen atoms in total. The van der Waals surface area contributed by atoms with Gasteiger partial charge < -0.3 is 10.2 Å². The molecule has 2 saturated heterocycles. The van der Waals surface area contributed by atoms with Gasteiger partial charge in [0, 0.05) is 36.1 Å². The second-order valence-corrected chi connectivity index (χ2v) is 7.13. The monoisotopic (exact) mass is 280 g/mol. The van der Waals surface area contributed by atoms with Gasteiger partial charge in [0.25, 0.3) is 0 Å². The minimum Gasteiger partial charge on any atom is -0.360 e.